The van der Waals surface area contributed by atoms with Crippen molar-refractivity contribution in [3.05, 3.63) is 57.7 Å². The molecule has 1 aromatic carbocycles. The first-order chi connectivity index (χ1) is 14.8. The van der Waals surface area contributed by atoms with Gasteiger partial charge in [-0.2, -0.15) is 0 Å². The standard InChI is InChI=1S/C21H23N3O7/c1-11-15(24(27)31-23-11)10-30-16-9-7-6-8-14(16)19-17(20(25)28-4)12(2)22-13(3)18(19)21(26)29-5/h6-9,17,19H,10H2,1-5H3. The molecule has 1 aliphatic rings. The summed E-state index contributed by atoms with van der Waals surface area (Å²) in [6.45, 7) is 4.89. The molecule has 0 spiro atoms. The molecular formula is C21H23N3O7. The Morgan fingerprint density at radius 3 is 2.48 bits per heavy atom. The van der Waals surface area contributed by atoms with E-state index in [2.05, 4.69) is 14.8 Å². The molecule has 10 nitrogen and oxygen atoms in total. The van der Waals surface area contributed by atoms with Crippen LogP contribution in [0.25, 0.3) is 0 Å². The second kappa shape index (κ2) is 8.99. The quantitative estimate of drug-likeness (QED) is 0.504. The molecule has 1 aromatic heterocycles. The van der Waals surface area contributed by atoms with Crippen LogP contribution in [0.15, 0.2) is 45.2 Å². The van der Waals surface area contributed by atoms with Crippen LogP contribution >= 0.6 is 0 Å². The first-order valence-corrected chi connectivity index (χ1v) is 9.49. The number of nitrogens with zero attached hydrogens (tertiary/aromatic N) is 3. The van der Waals surface area contributed by atoms with E-state index in [0.717, 1.165) is 0 Å². The number of carbonyl (C=O) groups is 2. The Morgan fingerprint density at radius 1 is 1.16 bits per heavy atom. The fourth-order valence-corrected chi connectivity index (χ4v) is 3.69. The number of aryl methyl sites for hydroxylation is 1. The van der Waals surface area contributed by atoms with Gasteiger partial charge >= 0.3 is 11.9 Å². The van der Waals surface area contributed by atoms with Gasteiger partial charge < -0.3 is 19.4 Å². The van der Waals surface area contributed by atoms with Gasteiger partial charge in [-0.15, -0.1) is 0 Å². The van der Waals surface area contributed by atoms with Crippen molar-refractivity contribution in [2.45, 2.75) is 33.3 Å². The van der Waals surface area contributed by atoms with Gasteiger partial charge in [0.25, 0.3) is 0 Å². The average Bonchev–Trinajstić information content (AvgIpc) is 3.08. The fourth-order valence-electron chi connectivity index (χ4n) is 3.69. The molecule has 0 radical (unpaired) electrons. The lowest BCUT2D eigenvalue weighted by Gasteiger charge is -2.31. The summed E-state index contributed by atoms with van der Waals surface area (Å²) in [5.41, 5.74) is 2.34. The van der Waals surface area contributed by atoms with E-state index in [9.17, 15) is 14.8 Å². The number of ether oxygens (including phenoxy) is 3. The molecule has 0 bridgehead atoms. The summed E-state index contributed by atoms with van der Waals surface area (Å²) >= 11 is 0. The monoisotopic (exact) mass is 429 g/mol. The van der Waals surface area contributed by atoms with Crippen LogP contribution in [0.5, 0.6) is 5.75 Å². The number of carbonyl (C=O) groups excluding carboxylic acids is 2. The molecule has 2 aromatic rings. The molecule has 2 heterocycles. The SMILES string of the molecule is COC(=O)C1=C(C)N=C(C)C(C(=O)OC)C1c1ccccc1OCc1c(C)no[n+]1[O-]. The van der Waals surface area contributed by atoms with E-state index >= 15 is 0 Å². The second-order valence-electron chi connectivity index (χ2n) is 7.01. The Balaban J connectivity index is 2.10. The largest absolute Gasteiger partial charge is 0.484 e. The van der Waals surface area contributed by atoms with Crippen molar-refractivity contribution in [2.75, 3.05) is 14.2 Å². The Morgan fingerprint density at radius 2 is 1.87 bits per heavy atom. The van der Waals surface area contributed by atoms with E-state index < -0.39 is 23.8 Å². The van der Waals surface area contributed by atoms with E-state index in [1.807, 2.05) is 0 Å². The van der Waals surface area contributed by atoms with E-state index in [-0.39, 0.29) is 22.8 Å². The summed E-state index contributed by atoms with van der Waals surface area (Å²) in [6, 6.07) is 6.94. The molecule has 0 saturated heterocycles. The third-order valence-electron chi connectivity index (χ3n) is 5.20. The molecular weight excluding hydrogens is 406 g/mol. The molecule has 10 heteroatoms. The maximum Gasteiger partial charge on any atom is 0.336 e. The van der Waals surface area contributed by atoms with Gasteiger partial charge in [0.1, 0.15) is 11.7 Å². The third kappa shape index (κ3) is 4.14. The first-order valence-electron chi connectivity index (χ1n) is 9.49. The molecule has 2 unspecified atom stereocenters. The van der Waals surface area contributed by atoms with Crippen molar-refractivity contribution in [3.63, 3.8) is 0 Å². The molecule has 164 valence electrons. The zero-order valence-electron chi connectivity index (χ0n) is 17.9. The smallest absolute Gasteiger partial charge is 0.336 e. The minimum Gasteiger partial charge on any atom is -0.484 e. The number of allylic oxidation sites excluding steroid dienone is 1. The minimum atomic E-state index is -0.852. The maximum absolute atomic E-state index is 12.7. The van der Waals surface area contributed by atoms with Crippen molar-refractivity contribution < 1.29 is 33.3 Å². The highest BCUT2D eigenvalue weighted by Crippen LogP contribution is 2.43. The molecule has 0 aliphatic carbocycles. The van der Waals surface area contributed by atoms with Crippen molar-refractivity contribution in [1.82, 2.24) is 5.16 Å². The van der Waals surface area contributed by atoms with Gasteiger partial charge in [0.15, 0.2) is 6.61 Å². The van der Waals surface area contributed by atoms with Crippen LogP contribution in [0.3, 0.4) is 0 Å². The van der Waals surface area contributed by atoms with Gasteiger partial charge in [-0.1, -0.05) is 18.2 Å². The Hall–Kier alpha value is -3.69. The van der Waals surface area contributed by atoms with Crippen molar-refractivity contribution in [3.8, 4) is 5.75 Å². The van der Waals surface area contributed by atoms with Crippen LogP contribution < -0.4 is 9.64 Å². The van der Waals surface area contributed by atoms with Crippen LogP contribution in [0.1, 0.15) is 36.7 Å². The lowest BCUT2D eigenvalue weighted by atomic mass is 9.75. The summed E-state index contributed by atoms with van der Waals surface area (Å²) in [5, 5.41) is 15.4. The number of hydrogen-bond donors (Lipinski definition) is 0. The highest BCUT2D eigenvalue weighted by atomic mass is 16.8. The van der Waals surface area contributed by atoms with Gasteiger partial charge in [0.05, 0.1) is 19.8 Å². The van der Waals surface area contributed by atoms with E-state index in [4.69, 9.17) is 14.2 Å². The highest BCUT2D eigenvalue weighted by molar-refractivity contribution is 6.07. The Kier molecular flexibility index (Phi) is 6.38. The van der Waals surface area contributed by atoms with E-state index in [1.54, 1.807) is 45.0 Å². The van der Waals surface area contributed by atoms with Gasteiger partial charge in [0, 0.05) is 35.0 Å². The van der Waals surface area contributed by atoms with Crippen molar-refractivity contribution in [1.29, 1.82) is 0 Å². The van der Waals surface area contributed by atoms with E-state index in [0.29, 0.717) is 28.4 Å². The first kappa shape index (κ1) is 22.0. The minimum absolute atomic E-state index is 0.116. The van der Waals surface area contributed by atoms with E-state index in [1.165, 1.54) is 14.2 Å². The van der Waals surface area contributed by atoms with Gasteiger partial charge in [-0.05, 0) is 24.8 Å². The van der Waals surface area contributed by atoms with Crippen LogP contribution in [0, 0.1) is 18.0 Å². The predicted octanol–water partition coefficient (Wildman–Crippen LogP) is 1.99. The number of rotatable bonds is 6. The highest BCUT2D eigenvalue weighted by Gasteiger charge is 2.43. The summed E-state index contributed by atoms with van der Waals surface area (Å²) in [4.78, 5) is 30.0. The second-order valence-corrected chi connectivity index (χ2v) is 7.01. The molecule has 0 amide bonds. The summed E-state index contributed by atoms with van der Waals surface area (Å²) in [7, 11) is 2.54. The van der Waals surface area contributed by atoms with Crippen molar-refractivity contribution >= 4 is 17.7 Å². The predicted molar refractivity (Wildman–Crippen MR) is 107 cm³/mol. The molecule has 0 N–H and O–H groups in total. The lowest BCUT2D eigenvalue weighted by molar-refractivity contribution is -0.808. The molecule has 2 atom stereocenters. The molecule has 0 fully saturated rings. The molecule has 31 heavy (non-hydrogen) atoms. The number of esters is 2. The van der Waals surface area contributed by atoms with Crippen LogP contribution in [0.4, 0.5) is 0 Å². The van der Waals surface area contributed by atoms with Gasteiger partial charge in [0.2, 0.25) is 11.4 Å². The zero-order valence-corrected chi connectivity index (χ0v) is 17.9. The Bertz CT molecular complexity index is 1050. The third-order valence-corrected chi connectivity index (χ3v) is 5.20. The lowest BCUT2D eigenvalue weighted by Crippen LogP contribution is -2.36. The van der Waals surface area contributed by atoms with Crippen molar-refractivity contribution in [2.24, 2.45) is 10.9 Å². The normalized spacial score (nSPS) is 18.4. The summed E-state index contributed by atoms with van der Waals surface area (Å²) < 4.78 is 20.4. The number of aromatic nitrogens is 2. The fraction of sp³-hybridized carbons (Fsp3) is 0.381. The van der Waals surface area contributed by atoms with Gasteiger partial charge in [-0.25, -0.2) is 4.79 Å². The number of hydrogen-bond acceptors (Lipinski definition) is 9. The average molecular weight is 429 g/mol. The zero-order chi connectivity index (χ0) is 22.7. The summed E-state index contributed by atoms with van der Waals surface area (Å²) in [5.74, 6) is -2.37. The number of aliphatic imine (C=N–C) groups is 1. The van der Waals surface area contributed by atoms with Crippen LogP contribution in [-0.2, 0) is 25.7 Å². The number of para-hydroxylation sites is 1. The maximum atomic E-state index is 12.7. The molecule has 1 aliphatic heterocycles. The number of methoxy groups -OCH3 is 2. The van der Waals surface area contributed by atoms with Crippen LogP contribution in [0.2, 0.25) is 0 Å². The summed E-state index contributed by atoms with van der Waals surface area (Å²) in [6.07, 6.45) is 0. The van der Waals surface area contributed by atoms with Gasteiger partial charge in [-0.3, -0.25) is 14.4 Å². The number of benzene rings is 1. The molecule has 3 rings (SSSR count). The topological polar surface area (TPSA) is 127 Å². The Labute approximate surface area is 178 Å². The molecule has 0 saturated carbocycles. The van der Waals surface area contributed by atoms with Crippen LogP contribution in [-0.4, -0.2) is 37.0 Å².